The first-order valence-corrected chi connectivity index (χ1v) is 14.5. The normalized spacial score (nSPS) is 17.2. The fourth-order valence-electron chi connectivity index (χ4n) is 5.43. The monoisotopic (exact) mass is 533 g/mol. The molecular weight excluding hydrogens is 502 g/mol. The lowest BCUT2D eigenvalue weighted by Crippen LogP contribution is -2.48. The lowest BCUT2D eigenvalue weighted by atomic mass is 9.73. The summed E-state index contributed by atoms with van der Waals surface area (Å²) in [5.74, 6) is -0.231. The Labute approximate surface area is 224 Å². The van der Waals surface area contributed by atoms with Gasteiger partial charge < -0.3 is 21.3 Å². The Kier molecular flexibility index (Phi) is 6.71. The first kappa shape index (κ1) is 24.1. The smallest absolute Gasteiger partial charge is 0.275 e. The Balaban J connectivity index is 1.14. The number of nitrogen functional groups attached to an aromatic ring is 1. The minimum absolute atomic E-state index is 0.231. The summed E-state index contributed by atoms with van der Waals surface area (Å²) >= 11 is 3.15. The molecule has 1 amide bonds. The van der Waals surface area contributed by atoms with Gasteiger partial charge in [-0.05, 0) is 67.3 Å². The number of thiazole rings is 1. The molecule has 8 nitrogen and oxygen atoms in total. The van der Waals surface area contributed by atoms with E-state index in [-0.39, 0.29) is 5.91 Å². The molecule has 0 unspecified atom stereocenters. The molecule has 5 heterocycles. The second-order valence-corrected chi connectivity index (χ2v) is 11.9. The molecule has 0 bridgehead atoms. The van der Waals surface area contributed by atoms with E-state index in [0.717, 1.165) is 67.5 Å². The minimum atomic E-state index is -0.231. The highest BCUT2D eigenvalue weighted by molar-refractivity contribution is 7.13. The summed E-state index contributed by atoms with van der Waals surface area (Å²) in [5, 5.41) is 15.8. The van der Waals surface area contributed by atoms with Crippen LogP contribution in [0.3, 0.4) is 0 Å². The molecule has 10 heteroatoms. The van der Waals surface area contributed by atoms with E-state index in [2.05, 4.69) is 37.1 Å². The van der Waals surface area contributed by atoms with Crippen molar-refractivity contribution in [2.75, 3.05) is 42.1 Å². The van der Waals surface area contributed by atoms with Crippen LogP contribution in [0.15, 0.2) is 53.5 Å². The predicted molar refractivity (Wildman–Crippen MR) is 152 cm³/mol. The average molecular weight is 534 g/mol. The van der Waals surface area contributed by atoms with E-state index in [9.17, 15) is 4.79 Å². The number of amides is 1. The maximum Gasteiger partial charge on any atom is 0.275 e. The fraction of sp³-hybridized carbons (Fsp3) is 0.370. The van der Waals surface area contributed by atoms with Crippen LogP contribution in [0.1, 0.15) is 41.0 Å². The Morgan fingerprint density at radius 3 is 2.86 bits per heavy atom. The van der Waals surface area contributed by atoms with Crippen LogP contribution < -0.4 is 21.3 Å². The third-order valence-corrected chi connectivity index (χ3v) is 9.26. The van der Waals surface area contributed by atoms with Crippen LogP contribution in [0.5, 0.6) is 0 Å². The number of rotatable bonds is 6. The first-order chi connectivity index (χ1) is 18.1. The van der Waals surface area contributed by atoms with E-state index in [1.165, 1.54) is 29.1 Å². The number of thiophene rings is 1. The Morgan fingerprint density at radius 2 is 2.08 bits per heavy atom. The van der Waals surface area contributed by atoms with Crippen LogP contribution >= 0.6 is 22.7 Å². The van der Waals surface area contributed by atoms with Crippen molar-refractivity contribution < 1.29 is 4.79 Å². The molecule has 0 atom stereocenters. The van der Waals surface area contributed by atoms with Gasteiger partial charge in [0.25, 0.3) is 5.91 Å². The summed E-state index contributed by atoms with van der Waals surface area (Å²) < 4.78 is 1.90. The number of carbonyl (C=O) groups is 1. The largest absolute Gasteiger partial charge is 0.399 e. The number of nitrogens with two attached hydrogens (primary N) is 1. The van der Waals surface area contributed by atoms with Gasteiger partial charge in [-0.15, -0.1) is 22.7 Å². The molecule has 0 radical (unpaired) electrons. The SMILES string of the molecule is Nc1ccc(N2CCC3(CCCNC3)CC2)c(NC(=O)c2csc(-c3cnn(Cc4cccs4)c3)n2)c1. The molecule has 0 aliphatic carbocycles. The number of benzene rings is 1. The lowest BCUT2D eigenvalue weighted by molar-refractivity contribution is 0.102. The molecule has 0 saturated carbocycles. The minimum Gasteiger partial charge on any atom is -0.399 e. The van der Waals surface area contributed by atoms with E-state index in [1.54, 1.807) is 22.9 Å². The molecule has 3 aromatic heterocycles. The maximum atomic E-state index is 13.2. The number of nitrogens with one attached hydrogen (secondary N) is 2. The molecule has 37 heavy (non-hydrogen) atoms. The number of nitrogens with zero attached hydrogens (tertiary/aromatic N) is 4. The summed E-state index contributed by atoms with van der Waals surface area (Å²) in [6, 6.07) is 9.92. The predicted octanol–water partition coefficient (Wildman–Crippen LogP) is 4.92. The highest BCUT2D eigenvalue weighted by Crippen LogP contribution is 2.40. The van der Waals surface area contributed by atoms with Crippen molar-refractivity contribution in [1.29, 1.82) is 0 Å². The van der Waals surface area contributed by atoms with Gasteiger partial charge in [-0.3, -0.25) is 9.48 Å². The zero-order valence-electron chi connectivity index (χ0n) is 20.7. The summed E-state index contributed by atoms with van der Waals surface area (Å²) in [4.78, 5) is 21.4. The van der Waals surface area contributed by atoms with Gasteiger partial charge in [0.05, 0.1) is 24.1 Å². The zero-order chi connectivity index (χ0) is 25.2. The summed E-state index contributed by atoms with van der Waals surface area (Å²) in [6.07, 6.45) is 8.66. The highest BCUT2D eigenvalue weighted by atomic mass is 32.1. The topological polar surface area (TPSA) is 101 Å². The van der Waals surface area contributed by atoms with E-state index >= 15 is 0 Å². The third-order valence-electron chi connectivity index (χ3n) is 7.51. The molecule has 2 aliphatic rings. The Hall–Kier alpha value is -3.21. The van der Waals surface area contributed by atoms with E-state index < -0.39 is 0 Å². The number of hydrogen-bond donors (Lipinski definition) is 3. The molecule has 2 aliphatic heterocycles. The summed E-state index contributed by atoms with van der Waals surface area (Å²) in [5.41, 5.74) is 10.2. The van der Waals surface area contributed by atoms with Crippen LogP contribution in [0, 0.1) is 5.41 Å². The molecule has 2 fully saturated rings. The molecule has 1 aromatic carbocycles. The van der Waals surface area contributed by atoms with Crippen molar-refractivity contribution in [3.05, 3.63) is 64.1 Å². The van der Waals surface area contributed by atoms with Gasteiger partial charge in [-0.1, -0.05) is 6.07 Å². The van der Waals surface area contributed by atoms with E-state index in [4.69, 9.17) is 5.73 Å². The van der Waals surface area contributed by atoms with Crippen molar-refractivity contribution >= 4 is 45.6 Å². The number of carbonyl (C=O) groups excluding carboxylic acids is 1. The molecule has 192 valence electrons. The van der Waals surface area contributed by atoms with Crippen LogP contribution in [-0.4, -0.2) is 46.9 Å². The van der Waals surface area contributed by atoms with Crippen molar-refractivity contribution in [2.24, 2.45) is 5.41 Å². The van der Waals surface area contributed by atoms with Crippen LogP contribution in [0.2, 0.25) is 0 Å². The van der Waals surface area contributed by atoms with Crippen LogP contribution in [0.25, 0.3) is 10.6 Å². The second-order valence-electron chi connectivity index (χ2n) is 10.0. The number of anilines is 3. The average Bonchev–Trinajstić information content (AvgIpc) is 3.68. The summed E-state index contributed by atoms with van der Waals surface area (Å²) in [7, 11) is 0. The summed E-state index contributed by atoms with van der Waals surface area (Å²) in [6.45, 7) is 4.93. The zero-order valence-corrected chi connectivity index (χ0v) is 22.3. The number of piperidine rings is 2. The standard InChI is InChI=1S/C27H31N7OS2/c28-20-4-5-24(33-10-7-27(8-11-33)6-2-9-29-18-27)22(13-20)31-25(35)23-17-37-26(32-23)19-14-30-34(15-19)16-21-3-1-12-36-21/h1,3-5,12-15,17,29H,2,6-11,16,18,28H2,(H,31,35). The van der Waals surface area contributed by atoms with Gasteiger partial charge in [0.15, 0.2) is 0 Å². The highest BCUT2D eigenvalue weighted by Gasteiger charge is 2.36. The van der Waals surface area contributed by atoms with Crippen molar-refractivity contribution in [3.8, 4) is 10.6 Å². The molecule has 4 aromatic rings. The Bertz CT molecular complexity index is 1360. The molecule has 6 rings (SSSR count). The number of aromatic nitrogens is 3. The van der Waals surface area contributed by atoms with Gasteiger partial charge in [-0.25, -0.2) is 4.98 Å². The van der Waals surface area contributed by atoms with Crippen molar-refractivity contribution in [1.82, 2.24) is 20.1 Å². The molecule has 4 N–H and O–H groups in total. The fourth-order valence-corrected chi connectivity index (χ4v) is 6.90. The van der Waals surface area contributed by atoms with Gasteiger partial charge >= 0.3 is 0 Å². The second kappa shape index (κ2) is 10.3. The van der Waals surface area contributed by atoms with Crippen molar-refractivity contribution in [3.63, 3.8) is 0 Å². The Morgan fingerprint density at radius 1 is 1.19 bits per heavy atom. The molecule has 2 saturated heterocycles. The van der Waals surface area contributed by atoms with Gasteiger partial charge in [0.1, 0.15) is 10.7 Å². The van der Waals surface area contributed by atoms with Crippen LogP contribution in [-0.2, 0) is 6.54 Å². The lowest BCUT2D eigenvalue weighted by Gasteiger charge is -2.45. The van der Waals surface area contributed by atoms with E-state index in [1.807, 2.05) is 35.1 Å². The maximum absolute atomic E-state index is 13.2. The quantitative estimate of drug-likeness (QED) is 0.304. The third kappa shape index (κ3) is 5.27. The van der Waals surface area contributed by atoms with Gasteiger partial charge in [0, 0.05) is 47.3 Å². The van der Waals surface area contributed by atoms with Gasteiger partial charge in [0.2, 0.25) is 0 Å². The van der Waals surface area contributed by atoms with Crippen LogP contribution in [0.4, 0.5) is 17.1 Å². The van der Waals surface area contributed by atoms with Crippen molar-refractivity contribution in [2.45, 2.75) is 32.2 Å². The molecule has 1 spiro atoms. The van der Waals surface area contributed by atoms with Gasteiger partial charge in [-0.2, -0.15) is 5.10 Å². The first-order valence-electron chi connectivity index (χ1n) is 12.7. The number of hydrogen-bond acceptors (Lipinski definition) is 8. The molecular formula is C27H31N7OS2. The van der Waals surface area contributed by atoms with E-state index in [0.29, 0.717) is 16.8 Å².